The minimum Gasteiger partial charge on any atom is -0.493 e. The molecule has 0 aromatic heterocycles. The smallest absolute Gasteiger partial charge is 0.492 e. The van der Waals surface area contributed by atoms with Gasteiger partial charge in [0.1, 0.15) is 18.2 Å². The third kappa shape index (κ3) is 4.72. The minimum atomic E-state index is -3.16. The summed E-state index contributed by atoms with van der Waals surface area (Å²) < 4.78 is 39.6. The van der Waals surface area contributed by atoms with Crippen molar-refractivity contribution >= 4 is 22.4 Å². The molecule has 94 valence electrons. The summed E-state index contributed by atoms with van der Waals surface area (Å²) in [5, 5.41) is 18.0. The molecule has 0 atom stereocenters. The minimum absolute atomic E-state index is 0.0463. The molecule has 17 heavy (non-hydrogen) atoms. The van der Waals surface area contributed by atoms with E-state index in [1.54, 1.807) is 0 Å². The standard InChI is InChI=1S/C9H12BFO5S/c1-17(14,15)5-4-16-9-3-2-7(11)6-8(9)10(12)13/h2-3,6,12-13H,4-5H2,1H3. The van der Waals surface area contributed by atoms with Crippen LogP contribution < -0.4 is 10.2 Å². The van der Waals surface area contributed by atoms with E-state index in [1.807, 2.05) is 0 Å². The fourth-order valence-corrected chi connectivity index (χ4v) is 1.54. The lowest BCUT2D eigenvalue weighted by atomic mass is 9.79. The van der Waals surface area contributed by atoms with Crippen LogP contribution in [0.4, 0.5) is 4.39 Å². The van der Waals surface area contributed by atoms with E-state index in [0.717, 1.165) is 18.4 Å². The van der Waals surface area contributed by atoms with E-state index < -0.39 is 22.8 Å². The van der Waals surface area contributed by atoms with Gasteiger partial charge in [-0.3, -0.25) is 0 Å². The predicted octanol–water partition coefficient (Wildman–Crippen LogP) is -1.07. The summed E-state index contributed by atoms with van der Waals surface area (Å²) in [7, 11) is -5.04. The van der Waals surface area contributed by atoms with Crippen LogP contribution in [-0.4, -0.2) is 44.2 Å². The van der Waals surface area contributed by atoms with Crippen molar-refractivity contribution in [2.24, 2.45) is 0 Å². The van der Waals surface area contributed by atoms with Crippen LogP contribution in [0.3, 0.4) is 0 Å². The van der Waals surface area contributed by atoms with Crippen molar-refractivity contribution in [2.75, 3.05) is 18.6 Å². The van der Waals surface area contributed by atoms with E-state index >= 15 is 0 Å². The van der Waals surface area contributed by atoms with Gasteiger partial charge in [0.25, 0.3) is 0 Å². The highest BCUT2D eigenvalue weighted by Crippen LogP contribution is 2.09. The van der Waals surface area contributed by atoms with E-state index in [0.29, 0.717) is 0 Å². The monoisotopic (exact) mass is 262 g/mol. The van der Waals surface area contributed by atoms with Crippen molar-refractivity contribution in [1.29, 1.82) is 0 Å². The van der Waals surface area contributed by atoms with Crippen LogP contribution >= 0.6 is 0 Å². The Bertz CT molecular complexity index is 488. The number of hydrogen-bond acceptors (Lipinski definition) is 5. The Hall–Kier alpha value is -1.12. The first kappa shape index (κ1) is 13.9. The summed E-state index contributed by atoms with van der Waals surface area (Å²) in [4.78, 5) is 0. The topological polar surface area (TPSA) is 83.8 Å². The van der Waals surface area contributed by atoms with E-state index in [1.165, 1.54) is 6.07 Å². The highest BCUT2D eigenvalue weighted by Gasteiger charge is 2.18. The third-order valence-corrected chi connectivity index (χ3v) is 2.87. The van der Waals surface area contributed by atoms with Gasteiger partial charge in [-0.2, -0.15) is 0 Å². The van der Waals surface area contributed by atoms with Crippen LogP contribution in [0, 0.1) is 5.82 Å². The first-order valence-corrected chi connectivity index (χ1v) is 6.82. The van der Waals surface area contributed by atoms with Gasteiger partial charge >= 0.3 is 7.12 Å². The highest BCUT2D eigenvalue weighted by molar-refractivity contribution is 7.90. The number of halogens is 1. The Kier molecular flexibility index (Phi) is 4.50. The first-order valence-electron chi connectivity index (χ1n) is 4.76. The molecule has 0 radical (unpaired) electrons. The third-order valence-electron chi connectivity index (χ3n) is 1.96. The molecule has 0 unspecified atom stereocenters. The second-order valence-electron chi connectivity index (χ2n) is 3.53. The largest absolute Gasteiger partial charge is 0.493 e. The lowest BCUT2D eigenvalue weighted by Gasteiger charge is -2.10. The molecular formula is C9H12BFO5S. The van der Waals surface area contributed by atoms with Gasteiger partial charge in [-0.05, 0) is 18.2 Å². The summed E-state index contributed by atoms with van der Waals surface area (Å²) in [5.41, 5.74) is -0.140. The number of hydrogen-bond donors (Lipinski definition) is 2. The molecule has 0 saturated carbocycles. The van der Waals surface area contributed by atoms with Crippen molar-refractivity contribution in [3.63, 3.8) is 0 Å². The van der Waals surface area contributed by atoms with Crippen LogP contribution in [0.1, 0.15) is 0 Å². The Morgan fingerprint density at radius 2 is 2.06 bits per heavy atom. The SMILES string of the molecule is CS(=O)(=O)CCOc1ccc(F)cc1B(O)O. The van der Waals surface area contributed by atoms with Gasteiger partial charge in [0, 0.05) is 11.7 Å². The Labute approximate surface area is 98.9 Å². The van der Waals surface area contributed by atoms with E-state index in [9.17, 15) is 12.8 Å². The zero-order valence-corrected chi connectivity index (χ0v) is 9.95. The maximum absolute atomic E-state index is 12.8. The zero-order chi connectivity index (χ0) is 13.1. The molecule has 0 spiro atoms. The van der Waals surface area contributed by atoms with E-state index in [2.05, 4.69) is 0 Å². The molecule has 0 bridgehead atoms. The molecule has 1 aromatic carbocycles. The van der Waals surface area contributed by atoms with Gasteiger partial charge in [0.15, 0.2) is 9.84 Å². The molecule has 0 aliphatic carbocycles. The van der Waals surface area contributed by atoms with Gasteiger partial charge in [-0.1, -0.05) is 0 Å². The lowest BCUT2D eigenvalue weighted by molar-refractivity contribution is 0.340. The van der Waals surface area contributed by atoms with Gasteiger partial charge in [-0.15, -0.1) is 0 Å². The lowest BCUT2D eigenvalue weighted by Crippen LogP contribution is -2.32. The Balaban J connectivity index is 2.77. The first-order chi connectivity index (χ1) is 7.79. The average Bonchev–Trinajstić information content (AvgIpc) is 2.18. The summed E-state index contributed by atoms with van der Waals surface area (Å²) in [6, 6.07) is 3.22. The molecule has 1 aromatic rings. The van der Waals surface area contributed by atoms with Gasteiger partial charge in [0.05, 0.1) is 5.75 Å². The quantitative estimate of drug-likeness (QED) is 0.660. The van der Waals surface area contributed by atoms with Crippen LogP contribution in [0.15, 0.2) is 18.2 Å². The number of ether oxygens (including phenoxy) is 1. The van der Waals surface area contributed by atoms with E-state index in [4.69, 9.17) is 14.8 Å². The normalized spacial score (nSPS) is 11.3. The fourth-order valence-electron chi connectivity index (χ4n) is 1.16. The summed E-state index contributed by atoms with van der Waals surface area (Å²) >= 11 is 0. The predicted molar refractivity (Wildman–Crippen MR) is 61.4 cm³/mol. The highest BCUT2D eigenvalue weighted by atomic mass is 32.2. The Morgan fingerprint density at radius 1 is 1.41 bits per heavy atom. The fraction of sp³-hybridized carbons (Fsp3) is 0.333. The van der Waals surface area contributed by atoms with Gasteiger partial charge in [0.2, 0.25) is 0 Å². The molecule has 0 aliphatic rings. The maximum Gasteiger partial charge on any atom is 0.492 e. The summed E-state index contributed by atoms with van der Waals surface area (Å²) in [6.45, 7) is -0.135. The van der Waals surface area contributed by atoms with Gasteiger partial charge < -0.3 is 14.8 Å². The zero-order valence-electron chi connectivity index (χ0n) is 9.13. The molecule has 0 heterocycles. The van der Waals surface area contributed by atoms with Crippen molar-refractivity contribution in [3.8, 4) is 5.75 Å². The molecule has 1 rings (SSSR count). The molecule has 8 heteroatoms. The molecular weight excluding hydrogens is 250 g/mol. The summed E-state index contributed by atoms with van der Waals surface area (Å²) in [5.74, 6) is -0.792. The molecule has 0 fully saturated rings. The second kappa shape index (κ2) is 5.48. The van der Waals surface area contributed by atoms with Crippen LogP contribution in [-0.2, 0) is 9.84 Å². The van der Waals surface area contributed by atoms with Gasteiger partial charge in [-0.25, -0.2) is 12.8 Å². The number of benzene rings is 1. The van der Waals surface area contributed by atoms with Crippen molar-refractivity contribution in [3.05, 3.63) is 24.0 Å². The van der Waals surface area contributed by atoms with Crippen LogP contribution in [0.5, 0.6) is 5.75 Å². The van der Waals surface area contributed by atoms with E-state index in [-0.39, 0.29) is 23.6 Å². The summed E-state index contributed by atoms with van der Waals surface area (Å²) in [6.07, 6.45) is 1.06. The average molecular weight is 262 g/mol. The Morgan fingerprint density at radius 3 is 2.59 bits per heavy atom. The number of rotatable bonds is 5. The number of sulfone groups is 1. The second-order valence-corrected chi connectivity index (χ2v) is 5.79. The molecule has 0 aliphatic heterocycles. The van der Waals surface area contributed by atoms with Crippen LogP contribution in [0.25, 0.3) is 0 Å². The molecule has 5 nitrogen and oxygen atoms in total. The van der Waals surface area contributed by atoms with Crippen molar-refractivity contribution < 1.29 is 27.6 Å². The van der Waals surface area contributed by atoms with Crippen molar-refractivity contribution in [1.82, 2.24) is 0 Å². The van der Waals surface area contributed by atoms with Crippen molar-refractivity contribution in [2.45, 2.75) is 0 Å². The molecule has 0 saturated heterocycles. The van der Waals surface area contributed by atoms with Crippen LogP contribution in [0.2, 0.25) is 0 Å². The molecule has 0 amide bonds. The molecule has 2 N–H and O–H groups in total. The maximum atomic E-state index is 12.8.